The van der Waals surface area contributed by atoms with Crippen molar-refractivity contribution >= 4 is 5.82 Å². The number of nitrogens with zero attached hydrogens (tertiary/aromatic N) is 1. The van der Waals surface area contributed by atoms with E-state index in [4.69, 9.17) is 10.5 Å². The molecular formula is C14H16N2O. The van der Waals surface area contributed by atoms with E-state index in [0.29, 0.717) is 5.82 Å². The van der Waals surface area contributed by atoms with E-state index in [1.54, 1.807) is 7.11 Å². The van der Waals surface area contributed by atoms with Gasteiger partial charge in [0, 0.05) is 11.3 Å². The minimum atomic E-state index is 0.552. The van der Waals surface area contributed by atoms with Crippen LogP contribution in [0.4, 0.5) is 5.82 Å². The molecule has 88 valence electrons. The Hall–Kier alpha value is -2.03. The second kappa shape index (κ2) is 4.45. The number of hydrogen-bond donors (Lipinski definition) is 1. The molecule has 0 radical (unpaired) electrons. The maximum atomic E-state index is 5.65. The van der Waals surface area contributed by atoms with Crippen LogP contribution >= 0.6 is 0 Å². The van der Waals surface area contributed by atoms with Gasteiger partial charge in [0.25, 0.3) is 0 Å². The fraction of sp³-hybridized carbons (Fsp3) is 0.214. The van der Waals surface area contributed by atoms with Crippen molar-refractivity contribution in [2.75, 3.05) is 12.8 Å². The molecule has 0 fully saturated rings. The molecule has 17 heavy (non-hydrogen) atoms. The summed E-state index contributed by atoms with van der Waals surface area (Å²) in [5.74, 6) is 1.45. The highest BCUT2D eigenvalue weighted by molar-refractivity contribution is 5.68. The number of methoxy groups -OCH3 is 1. The molecule has 3 nitrogen and oxygen atoms in total. The molecular weight excluding hydrogens is 212 g/mol. The molecule has 1 aromatic heterocycles. The summed E-state index contributed by atoms with van der Waals surface area (Å²) in [6.45, 7) is 3.99. The summed E-state index contributed by atoms with van der Waals surface area (Å²) in [5, 5.41) is 0. The third-order valence-electron chi connectivity index (χ3n) is 2.81. The Morgan fingerprint density at radius 1 is 1.12 bits per heavy atom. The van der Waals surface area contributed by atoms with Crippen molar-refractivity contribution in [3.8, 4) is 16.9 Å². The lowest BCUT2D eigenvalue weighted by molar-refractivity contribution is 0.412. The van der Waals surface area contributed by atoms with Crippen LogP contribution in [0.3, 0.4) is 0 Å². The van der Waals surface area contributed by atoms with Gasteiger partial charge in [0.1, 0.15) is 11.6 Å². The van der Waals surface area contributed by atoms with E-state index in [0.717, 1.165) is 28.1 Å². The van der Waals surface area contributed by atoms with Gasteiger partial charge in [-0.25, -0.2) is 4.98 Å². The fourth-order valence-corrected chi connectivity index (χ4v) is 1.93. The molecule has 1 heterocycles. The summed E-state index contributed by atoms with van der Waals surface area (Å²) in [5.41, 5.74) is 9.94. The van der Waals surface area contributed by atoms with Crippen LogP contribution in [0.15, 0.2) is 30.3 Å². The summed E-state index contributed by atoms with van der Waals surface area (Å²) in [7, 11) is 1.68. The van der Waals surface area contributed by atoms with Crippen molar-refractivity contribution in [1.82, 2.24) is 4.98 Å². The molecule has 3 heteroatoms. The van der Waals surface area contributed by atoms with Crippen molar-refractivity contribution in [1.29, 1.82) is 0 Å². The molecule has 0 unspecified atom stereocenters. The first-order valence-corrected chi connectivity index (χ1v) is 5.50. The molecule has 2 rings (SSSR count). The highest BCUT2D eigenvalue weighted by atomic mass is 16.5. The molecule has 2 aromatic rings. The normalized spacial score (nSPS) is 10.3. The minimum Gasteiger partial charge on any atom is -0.496 e. The summed E-state index contributed by atoms with van der Waals surface area (Å²) in [4.78, 5) is 4.27. The Bertz CT molecular complexity index is 550. The molecule has 0 spiro atoms. The van der Waals surface area contributed by atoms with Gasteiger partial charge in [-0.3, -0.25) is 0 Å². The van der Waals surface area contributed by atoms with Crippen molar-refractivity contribution in [3.05, 3.63) is 41.6 Å². The lowest BCUT2D eigenvalue weighted by atomic mass is 10.0. The van der Waals surface area contributed by atoms with Crippen molar-refractivity contribution in [2.45, 2.75) is 13.8 Å². The van der Waals surface area contributed by atoms with Crippen LogP contribution in [0.25, 0.3) is 11.1 Å². The van der Waals surface area contributed by atoms with Gasteiger partial charge < -0.3 is 10.5 Å². The fourth-order valence-electron chi connectivity index (χ4n) is 1.93. The van der Waals surface area contributed by atoms with Gasteiger partial charge in [-0.05, 0) is 49.2 Å². The van der Waals surface area contributed by atoms with E-state index in [2.05, 4.69) is 11.1 Å². The van der Waals surface area contributed by atoms with E-state index in [9.17, 15) is 0 Å². The van der Waals surface area contributed by atoms with Crippen LogP contribution in [-0.2, 0) is 0 Å². The van der Waals surface area contributed by atoms with Crippen molar-refractivity contribution in [3.63, 3.8) is 0 Å². The Morgan fingerprint density at radius 3 is 2.47 bits per heavy atom. The first-order chi connectivity index (χ1) is 8.11. The average Bonchev–Trinajstić information content (AvgIpc) is 2.29. The van der Waals surface area contributed by atoms with Crippen molar-refractivity contribution < 1.29 is 4.74 Å². The molecule has 0 aliphatic heterocycles. The molecule has 0 saturated heterocycles. The number of pyridine rings is 1. The predicted octanol–water partition coefficient (Wildman–Crippen LogP) is 2.96. The van der Waals surface area contributed by atoms with Crippen LogP contribution < -0.4 is 10.5 Å². The lowest BCUT2D eigenvalue weighted by Gasteiger charge is -2.09. The number of anilines is 1. The largest absolute Gasteiger partial charge is 0.496 e. The van der Waals surface area contributed by atoms with E-state index < -0.39 is 0 Å². The Morgan fingerprint density at radius 2 is 1.88 bits per heavy atom. The van der Waals surface area contributed by atoms with Crippen LogP contribution in [-0.4, -0.2) is 12.1 Å². The number of rotatable bonds is 2. The maximum absolute atomic E-state index is 5.65. The Kier molecular flexibility index (Phi) is 3.00. The topological polar surface area (TPSA) is 48.1 Å². The lowest BCUT2D eigenvalue weighted by Crippen LogP contribution is -1.95. The molecule has 0 bridgehead atoms. The number of nitrogen functional groups attached to an aromatic ring is 1. The number of hydrogen-bond acceptors (Lipinski definition) is 3. The van der Waals surface area contributed by atoms with Crippen molar-refractivity contribution in [2.24, 2.45) is 0 Å². The molecule has 0 aliphatic rings. The first kappa shape index (κ1) is 11.5. The van der Waals surface area contributed by atoms with Gasteiger partial charge in [-0.2, -0.15) is 0 Å². The second-order valence-electron chi connectivity index (χ2n) is 4.05. The zero-order valence-corrected chi connectivity index (χ0v) is 10.3. The summed E-state index contributed by atoms with van der Waals surface area (Å²) in [6, 6.07) is 9.92. The number of aryl methyl sites for hydroxylation is 2. The van der Waals surface area contributed by atoms with Gasteiger partial charge in [0.05, 0.1) is 7.11 Å². The van der Waals surface area contributed by atoms with Gasteiger partial charge in [-0.1, -0.05) is 6.07 Å². The van der Waals surface area contributed by atoms with Crippen LogP contribution in [0.1, 0.15) is 11.3 Å². The number of ether oxygens (including phenoxy) is 1. The third kappa shape index (κ3) is 2.23. The predicted molar refractivity (Wildman–Crippen MR) is 70.1 cm³/mol. The smallest absolute Gasteiger partial charge is 0.123 e. The van der Waals surface area contributed by atoms with Gasteiger partial charge in [0.15, 0.2) is 0 Å². The van der Waals surface area contributed by atoms with Gasteiger partial charge in [-0.15, -0.1) is 0 Å². The minimum absolute atomic E-state index is 0.552. The molecule has 0 atom stereocenters. The van der Waals surface area contributed by atoms with E-state index in [-0.39, 0.29) is 0 Å². The van der Waals surface area contributed by atoms with E-state index in [1.807, 2.05) is 38.1 Å². The third-order valence-corrected chi connectivity index (χ3v) is 2.81. The zero-order valence-electron chi connectivity index (χ0n) is 10.3. The molecule has 0 saturated carbocycles. The second-order valence-corrected chi connectivity index (χ2v) is 4.05. The maximum Gasteiger partial charge on any atom is 0.123 e. The van der Waals surface area contributed by atoms with Gasteiger partial charge >= 0.3 is 0 Å². The van der Waals surface area contributed by atoms with E-state index in [1.165, 1.54) is 0 Å². The van der Waals surface area contributed by atoms with Crippen LogP contribution in [0.5, 0.6) is 5.75 Å². The summed E-state index contributed by atoms with van der Waals surface area (Å²) >= 11 is 0. The highest BCUT2D eigenvalue weighted by Gasteiger charge is 2.06. The monoisotopic (exact) mass is 228 g/mol. The van der Waals surface area contributed by atoms with E-state index >= 15 is 0 Å². The zero-order chi connectivity index (χ0) is 12.4. The first-order valence-electron chi connectivity index (χ1n) is 5.50. The average molecular weight is 228 g/mol. The highest BCUT2D eigenvalue weighted by Crippen LogP contribution is 2.27. The molecule has 0 amide bonds. The Balaban J connectivity index is 2.50. The standard InChI is InChI=1S/C14H16N2O/c1-9-8-11(4-6-13(9)17-3)12-5-7-14(15)16-10(12)2/h4-8H,1-3H3,(H2,15,16). The molecule has 0 aliphatic carbocycles. The van der Waals surface area contributed by atoms with Crippen LogP contribution in [0, 0.1) is 13.8 Å². The quantitative estimate of drug-likeness (QED) is 0.859. The van der Waals surface area contributed by atoms with Gasteiger partial charge in [0.2, 0.25) is 0 Å². The number of nitrogens with two attached hydrogens (primary N) is 1. The SMILES string of the molecule is COc1ccc(-c2ccc(N)nc2C)cc1C. The Labute approximate surface area is 101 Å². The molecule has 2 N–H and O–H groups in total. The number of benzene rings is 1. The van der Waals surface area contributed by atoms with Crippen LogP contribution in [0.2, 0.25) is 0 Å². The summed E-state index contributed by atoms with van der Waals surface area (Å²) in [6.07, 6.45) is 0. The number of aromatic nitrogens is 1. The summed E-state index contributed by atoms with van der Waals surface area (Å²) < 4.78 is 5.25. The molecule has 1 aromatic carbocycles.